The number of carbonyl (C=O) groups is 1. The van der Waals surface area contributed by atoms with E-state index in [1.165, 1.54) is 29.2 Å². The summed E-state index contributed by atoms with van der Waals surface area (Å²) in [5.74, 6) is -0.517. The van der Waals surface area contributed by atoms with Gasteiger partial charge in [0, 0.05) is 18.2 Å². The van der Waals surface area contributed by atoms with E-state index in [4.69, 9.17) is 4.52 Å². The summed E-state index contributed by atoms with van der Waals surface area (Å²) in [7, 11) is 0. The highest BCUT2D eigenvalue weighted by molar-refractivity contribution is 9.10. The Labute approximate surface area is 211 Å². The molecular weight excluding hydrogens is 517 g/mol. The van der Waals surface area contributed by atoms with Crippen molar-refractivity contribution >= 4 is 33.3 Å². The minimum Gasteiger partial charge on any atom is -0.383 e. The van der Waals surface area contributed by atoms with Gasteiger partial charge in [-0.25, -0.2) is 18.5 Å². The second kappa shape index (κ2) is 11.1. The highest BCUT2D eigenvalue weighted by Crippen LogP contribution is 2.30. The molecule has 10 heteroatoms. The summed E-state index contributed by atoms with van der Waals surface area (Å²) in [6.07, 6.45) is 5.39. The van der Waals surface area contributed by atoms with Crippen molar-refractivity contribution in [3.63, 3.8) is 0 Å². The first-order chi connectivity index (χ1) is 16.8. The number of hydrogen-bond acceptors (Lipinski definition) is 5. The number of urea groups is 1. The fourth-order valence-corrected chi connectivity index (χ4v) is 4.50. The van der Waals surface area contributed by atoms with Crippen molar-refractivity contribution in [1.29, 1.82) is 0 Å². The van der Waals surface area contributed by atoms with Gasteiger partial charge in [-0.3, -0.25) is 4.52 Å². The predicted molar refractivity (Wildman–Crippen MR) is 138 cm³/mol. The first kappa shape index (κ1) is 25.0. The molecule has 0 bridgehead atoms. The molecule has 2 aromatic carbocycles. The molecule has 1 saturated carbocycles. The number of nitrogens with zero attached hydrogens (tertiary/aromatic N) is 2. The third kappa shape index (κ3) is 6.11. The Morgan fingerprint density at radius 3 is 2.66 bits per heavy atom. The highest BCUT2D eigenvalue weighted by atomic mass is 79.9. The van der Waals surface area contributed by atoms with Crippen LogP contribution in [0, 0.1) is 11.7 Å². The van der Waals surface area contributed by atoms with E-state index >= 15 is 0 Å². The zero-order valence-corrected chi connectivity index (χ0v) is 21.3. The van der Waals surface area contributed by atoms with Gasteiger partial charge in [0.05, 0.1) is 21.5 Å². The van der Waals surface area contributed by atoms with Crippen LogP contribution in [0.3, 0.4) is 0 Å². The number of benzene rings is 2. The van der Waals surface area contributed by atoms with Crippen molar-refractivity contribution in [3.8, 4) is 17.1 Å². The molecule has 0 saturated heterocycles. The minimum absolute atomic E-state index is 0.164. The lowest BCUT2D eigenvalue weighted by atomic mass is 9.96. The zero-order valence-electron chi connectivity index (χ0n) is 19.7. The maximum absolute atomic E-state index is 13.8. The normalized spacial score (nSPS) is 14.2. The van der Waals surface area contributed by atoms with Crippen molar-refractivity contribution < 1.29 is 13.7 Å². The van der Waals surface area contributed by atoms with E-state index in [0.29, 0.717) is 22.9 Å². The Hall–Kier alpha value is -3.14. The third-order valence-corrected chi connectivity index (χ3v) is 6.54. The number of hydrogen-bond donors (Lipinski definition) is 3. The lowest BCUT2D eigenvalue weighted by Crippen LogP contribution is -2.39. The molecule has 8 nitrogen and oxygen atoms in total. The molecule has 186 valence electrons. The van der Waals surface area contributed by atoms with E-state index in [1.54, 1.807) is 12.1 Å². The van der Waals surface area contributed by atoms with Crippen molar-refractivity contribution in [2.45, 2.75) is 52.0 Å². The minimum atomic E-state index is -0.704. The number of anilines is 2. The first-order valence-corrected chi connectivity index (χ1v) is 12.6. The smallest absolute Gasteiger partial charge is 0.383 e. The summed E-state index contributed by atoms with van der Waals surface area (Å²) < 4.78 is 20.2. The van der Waals surface area contributed by atoms with Crippen molar-refractivity contribution in [2.75, 3.05) is 17.2 Å². The van der Waals surface area contributed by atoms with Crippen LogP contribution in [0.5, 0.6) is 0 Å². The molecular formula is C25H29BrFN5O3. The standard InChI is InChI=1S/C25H29BrFN5O3/c1-15(2)14-28-21-11-8-16(12-22(21)30-24(33)29-17-6-4-3-5-7-17)23-31-35-25(34)32(23)18-9-10-20(27)19(26)13-18/h8-13,15,17,28H,3-7,14H2,1-2H3,(H2,29,30,33). The van der Waals surface area contributed by atoms with Gasteiger partial charge in [-0.2, -0.15) is 0 Å². The van der Waals surface area contributed by atoms with Crippen LogP contribution in [0.2, 0.25) is 0 Å². The molecule has 0 radical (unpaired) electrons. The molecule has 0 atom stereocenters. The second-order valence-electron chi connectivity index (χ2n) is 9.17. The average molecular weight is 546 g/mol. The molecule has 3 N–H and O–H groups in total. The van der Waals surface area contributed by atoms with Crippen LogP contribution < -0.4 is 21.7 Å². The Balaban J connectivity index is 1.66. The molecule has 3 aromatic rings. The Bertz CT molecular complexity index is 1250. The fraction of sp³-hybridized carbons (Fsp3) is 0.400. The van der Waals surface area contributed by atoms with E-state index in [9.17, 15) is 14.0 Å². The van der Waals surface area contributed by atoms with Crippen LogP contribution in [-0.2, 0) is 0 Å². The lowest BCUT2D eigenvalue weighted by Gasteiger charge is -2.23. The van der Waals surface area contributed by atoms with Crippen molar-refractivity contribution in [1.82, 2.24) is 15.0 Å². The van der Waals surface area contributed by atoms with Gasteiger partial charge < -0.3 is 16.0 Å². The summed E-state index contributed by atoms with van der Waals surface area (Å²) in [4.78, 5) is 25.3. The molecule has 35 heavy (non-hydrogen) atoms. The maximum Gasteiger partial charge on any atom is 0.446 e. The van der Waals surface area contributed by atoms with E-state index in [0.717, 1.165) is 37.9 Å². The predicted octanol–water partition coefficient (Wildman–Crippen LogP) is 5.92. The SMILES string of the molecule is CC(C)CNc1ccc(-c2noc(=O)n2-c2ccc(F)c(Br)c2)cc1NC(=O)NC1CCCCC1. The van der Waals surface area contributed by atoms with Crippen molar-refractivity contribution in [2.24, 2.45) is 5.92 Å². The number of aromatic nitrogens is 2. The van der Waals surface area contributed by atoms with Gasteiger partial charge in [0.25, 0.3) is 0 Å². The van der Waals surface area contributed by atoms with Crippen LogP contribution in [0.4, 0.5) is 20.6 Å². The topological polar surface area (TPSA) is 101 Å². The van der Waals surface area contributed by atoms with Crippen LogP contribution >= 0.6 is 15.9 Å². The summed E-state index contributed by atoms with van der Waals surface area (Å²) >= 11 is 3.15. The summed E-state index contributed by atoms with van der Waals surface area (Å²) in [6, 6.07) is 9.46. The Morgan fingerprint density at radius 1 is 1.17 bits per heavy atom. The molecule has 1 aromatic heterocycles. The summed E-state index contributed by atoms with van der Waals surface area (Å²) in [5, 5.41) is 13.3. The molecule has 2 amide bonds. The third-order valence-electron chi connectivity index (χ3n) is 5.93. The Morgan fingerprint density at radius 2 is 1.94 bits per heavy atom. The van der Waals surface area contributed by atoms with Gasteiger partial charge in [-0.1, -0.05) is 38.3 Å². The van der Waals surface area contributed by atoms with Gasteiger partial charge in [-0.05, 0) is 71.1 Å². The summed E-state index contributed by atoms with van der Waals surface area (Å²) in [6.45, 7) is 4.91. The van der Waals surface area contributed by atoms with Crippen LogP contribution in [0.25, 0.3) is 17.1 Å². The molecule has 0 unspecified atom stereocenters. The van der Waals surface area contributed by atoms with E-state index in [1.807, 2.05) is 6.07 Å². The number of halogens is 2. The molecule has 1 aliphatic rings. The summed E-state index contributed by atoms with van der Waals surface area (Å²) in [5.41, 5.74) is 2.26. The van der Waals surface area contributed by atoms with Gasteiger partial charge in [0.2, 0.25) is 0 Å². The van der Waals surface area contributed by atoms with Crippen LogP contribution in [0.1, 0.15) is 46.0 Å². The van der Waals surface area contributed by atoms with E-state index in [2.05, 4.69) is 50.9 Å². The molecule has 0 aliphatic heterocycles. The van der Waals surface area contributed by atoms with Crippen LogP contribution in [-0.4, -0.2) is 28.3 Å². The maximum atomic E-state index is 13.8. The number of amides is 2. The fourth-order valence-electron chi connectivity index (χ4n) is 4.13. The molecule has 1 fully saturated rings. The highest BCUT2D eigenvalue weighted by Gasteiger charge is 2.20. The average Bonchev–Trinajstić information content (AvgIpc) is 3.22. The van der Waals surface area contributed by atoms with Gasteiger partial charge in [0.1, 0.15) is 5.82 Å². The first-order valence-electron chi connectivity index (χ1n) is 11.8. The van der Waals surface area contributed by atoms with Gasteiger partial charge in [-0.15, -0.1) is 0 Å². The van der Waals surface area contributed by atoms with Crippen molar-refractivity contribution in [3.05, 3.63) is 57.2 Å². The quantitative estimate of drug-likeness (QED) is 0.342. The number of carbonyl (C=O) groups excluding carboxylic acids is 1. The molecule has 0 spiro atoms. The Kier molecular flexibility index (Phi) is 7.90. The van der Waals surface area contributed by atoms with Gasteiger partial charge >= 0.3 is 11.8 Å². The largest absolute Gasteiger partial charge is 0.446 e. The lowest BCUT2D eigenvalue weighted by molar-refractivity contribution is 0.244. The zero-order chi connectivity index (χ0) is 24.9. The van der Waals surface area contributed by atoms with Gasteiger partial charge in [0.15, 0.2) is 5.82 Å². The monoisotopic (exact) mass is 545 g/mol. The molecule has 1 aliphatic carbocycles. The van der Waals surface area contributed by atoms with E-state index in [-0.39, 0.29) is 22.4 Å². The molecule has 1 heterocycles. The van der Waals surface area contributed by atoms with Crippen LogP contribution in [0.15, 0.2) is 50.2 Å². The number of rotatable bonds is 7. The molecule has 4 rings (SSSR count). The second-order valence-corrected chi connectivity index (χ2v) is 10.0. The number of nitrogens with one attached hydrogen (secondary N) is 3. The van der Waals surface area contributed by atoms with E-state index < -0.39 is 11.6 Å².